The lowest BCUT2D eigenvalue weighted by Gasteiger charge is -2.20. The second-order valence-corrected chi connectivity index (χ2v) is 6.73. The zero-order chi connectivity index (χ0) is 15.7. The van der Waals surface area contributed by atoms with Crippen molar-refractivity contribution in [2.24, 2.45) is 5.92 Å². The number of carbonyl (C=O) groups excluding carboxylic acids is 1. The fourth-order valence-electron chi connectivity index (χ4n) is 3.19. The Hall–Kier alpha value is -1.81. The van der Waals surface area contributed by atoms with Gasteiger partial charge in [-0.2, -0.15) is 0 Å². The van der Waals surface area contributed by atoms with Crippen molar-refractivity contribution < 1.29 is 4.79 Å². The van der Waals surface area contributed by atoms with Crippen molar-refractivity contribution in [1.29, 1.82) is 0 Å². The van der Waals surface area contributed by atoms with Crippen molar-refractivity contribution in [2.45, 2.75) is 33.2 Å². The molecule has 2 N–H and O–H groups in total. The highest BCUT2D eigenvalue weighted by molar-refractivity contribution is 5.98. The van der Waals surface area contributed by atoms with Gasteiger partial charge in [0, 0.05) is 30.0 Å². The largest absolute Gasteiger partial charge is 0.351 e. The maximum atomic E-state index is 12.3. The summed E-state index contributed by atoms with van der Waals surface area (Å²) in [5.41, 5.74) is 2.87. The van der Waals surface area contributed by atoms with E-state index in [4.69, 9.17) is 0 Å². The molecule has 0 saturated carbocycles. The Morgan fingerprint density at radius 1 is 1.41 bits per heavy atom. The van der Waals surface area contributed by atoms with E-state index in [9.17, 15) is 4.79 Å². The van der Waals surface area contributed by atoms with Crippen molar-refractivity contribution in [3.63, 3.8) is 0 Å². The van der Waals surface area contributed by atoms with Gasteiger partial charge in [-0.05, 0) is 57.4 Å². The fourth-order valence-corrected chi connectivity index (χ4v) is 3.19. The van der Waals surface area contributed by atoms with Gasteiger partial charge in [-0.3, -0.25) is 4.79 Å². The highest BCUT2D eigenvalue weighted by Crippen LogP contribution is 2.19. The van der Waals surface area contributed by atoms with E-state index in [-0.39, 0.29) is 5.91 Å². The Bertz CT molecular complexity index is 674. The summed E-state index contributed by atoms with van der Waals surface area (Å²) in [6.45, 7) is 9.51. The normalized spacial score (nSPS) is 19.2. The number of aromatic amines is 1. The number of hydrogen-bond acceptors (Lipinski definition) is 2. The van der Waals surface area contributed by atoms with Crippen LogP contribution in [-0.2, 0) is 0 Å². The number of benzene rings is 1. The Balaban J connectivity index is 1.59. The number of likely N-dealkylation sites (tertiary alicyclic amines) is 1. The highest BCUT2D eigenvalue weighted by atomic mass is 16.1. The highest BCUT2D eigenvalue weighted by Gasteiger charge is 2.24. The monoisotopic (exact) mass is 299 g/mol. The van der Waals surface area contributed by atoms with E-state index in [1.165, 1.54) is 12.0 Å². The standard InChI is InChI=1S/C18H25N3O/c1-12(2)21-7-6-14(11-21)10-19-18(22)17-9-15-5-4-13(3)8-16(15)20-17/h4-5,8-9,12,14,20H,6-7,10-11H2,1-3H3,(H,19,22)/t14-/m0/s1. The molecular weight excluding hydrogens is 274 g/mol. The zero-order valence-corrected chi connectivity index (χ0v) is 13.6. The number of carbonyl (C=O) groups is 1. The number of rotatable bonds is 4. The molecular formula is C18H25N3O. The SMILES string of the molecule is Cc1ccc2cc(C(=O)NC[C@@H]3CCN(C(C)C)C3)[nH]c2c1. The molecule has 1 aliphatic heterocycles. The predicted molar refractivity (Wildman–Crippen MR) is 90.2 cm³/mol. The summed E-state index contributed by atoms with van der Waals surface area (Å²) in [5, 5.41) is 4.16. The molecule has 2 heterocycles. The molecule has 1 saturated heterocycles. The van der Waals surface area contributed by atoms with Crippen LogP contribution in [0.1, 0.15) is 36.3 Å². The van der Waals surface area contributed by atoms with Crippen molar-refractivity contribution >= 4 is 16.8 Å². The minimum Gasteiger partial charge on any atom is -0.351 e. The molecule has 1 amide bonds. The lowest BCUT2D eigenvalue weighted by Crippen LogP contribution is -2.33. The molecule has 4 heteroatoms. The van der Waals surface area contributed by atoms with Crippen LogP contribution in [0.15, 0.2) is 24.3 Å². The van der Waals surface area contributed by atoms with Gasteiger partial charge in [0.1, 0.15) is 5.69 Å². The van der Waals surface area contributed by atoms with Crippen LogP contribution in [0.3, 0.4) is 0 Å². The quantitative estimate of drug-likeness (QED) is 0.912. The molecule has 118 valence electrons. The molecule has 0 radical (unpaired) electrons. The van der Waals surface area contributed by atoms with Gasteiger partial charge < -0.3 is 15.2 Å². The summed E-state index contributed by atoms with van der Waals surface area (Å²) in [6, 6.07) is 8.72. The first kappa shape index (κ1) is 15.1. The van der Waals surface area contributed by atoms with Crippen LogP contribution in [0.25, 0.3) is 10.9 Å². The summed E-state index contributed by atoms with van der Waals surface area (Å²) >= 11 is 0. The first-order valence-corrected chi connectivity index (χ1v) is 8.14. The molecule has 0 spiro atoms. The molecule has 4 nitrogen and oxygen atoms in total. The third-order valence-corrected chi connectivity index (χ3v) is 4.62. The Morgan fingerprint density at radius 2 is 2.23 bits per heavy atom. The number of H-pyrrole nitrogens is 1. The fraction of sp³-hybridized carbons (Fsp3) is 0.500. The van der Waals surface area contributed by atoms with Gasteiger partial charge >= 0.3 is 0 Å². The zero-order valence-electron chi connectivity index (χ0n) is 13.6. The molecule has 22 heavy (non-hydrogen) atoms. The first-order chi connectivity index (χ1) is 10.5. The minimum atomic E-state index is -0.00292. The van der Waals surface area contributed by atoms with Crippen molar-refractivity contribution in [1.82, 2.24) is 15.2 Å². The van der Waals surface area contributed by atoms with Gasteiger partial charge in [-0.15, -0.1) is 0 Å². The minimum absolute atomic E-state index is 0.00292. The first-order valence-electron chi connectivity index (χ1n) is 8.14. The number of aromatic nitrogens is 1. The molecule has 0 unspecified atom stereocenters. The lowest BCUT2D eigenvalue weighted by molar-refractivity contribution is 0.0943. The third-order valence-electron chi connectivity index (χ3n) is 4.62. The average Bonchev–Trinajstić information content (AvgIpc) is 3.10. The van der Waals surface area contributed by atoms with E-state index in [1.807, 2.05) is 6.07 Å². The summed E-state index contributed by atoms with van der Waals surface area (Å²) in [4.78, 5) is 18.0. The third kappa shape index (κ3) is 3.17. The summed E-state index contributed by atoms with van der Waals surface area (Å²) in [6.07, 6.45) is 1.17. The van der Waals surface area contributed by atoms with Gasteiger partial charge in [0.15, 0.2) is 0 Å². The number of fused-ring (bicyclic) bond motifs is 1. The molecule has 1 aliphatic rings. The number of nitrogens with one attached hydrogen (secondary N) is 2. The van der Waals surface area contributed by atoms with Crippen molar-refractivity contribution in [2.75, 3.05) is 19.6 Å². The second kappa shape index (κ2) is 6.13. The average molecular weight is 299 g/mol. The number of amides is 1. The van der Waals surface area contributed by atoms with E-state index in [0.717, 1.165) is 30.5 Å². The maximum absolute atomic E-state index is 12.3. The van der Waals surface area contributed by atoms with E-state index in [1.54, 1.807) is 0 Å². The molecule has 1 aromatic heterocycles. The van der Waals surface area contributed by atoms with Crippen LogP contribution in [0.2, 0.25) is 0 Å². The van der Waals surface area contributed by atoms with Gasteiger partial charge in [0.2, 0.25) is 0 Å². The van der Waals surface area contributed by atoms with E-state index in [2.05, 4.69) is 54.2 Å². The second-order valence-electron chi connectivity index (χ2n) is 6.73. The number of aryl methyl sites for hydroxylation is 1. The van der Waals surface area contributed by atoms with Gasteiger partial charge in [-0.1, -0.05) is 12.1 Å². The van der Waals surface area contributed by atoms with Crippen LogP contribution in [-0.4, -0.2) is 41.5 Å². The Kier molecular flexibility index (Phi) is 4.21. The Morgan fingerprint density at radius 3 is 2.95 bits per heavy atom. The van der Waals surface area contributed by atoms with Crippen LogP contribution < -0.4 is 5.32 Å². The molecule has 0 aliphatic carbocycles. The summed E-state index contributed by atoms with van der Waals surface area (Å²) in [5.74, 6) is 0.565. The van der Waals surface area contributed by atoms with E-state index < -0.39 is 0 Å². The Labute approximate surface area is 131 Å². The lowest BCUT2D eigenvalue weighted by atomic mass is 10.1. The van der Waals surface area contributed by atoms with E-state index in [0.29, 0.717) is 17.7 Å². The maximum Gasteiger partial charge on any atom is 0.267 e. The molecule has 1 fully saturated rings. The molecule has 3 rings (SSSR count). The summed E-state index contributed by atoms with van der Waals surface area (Å²) in [7, 11) is 0. The topological polar surface area (TPSA) is 48.1 Å². The van der Waals surface area contributed by atoms with Gasteiger partial charge in [0.25, 0.3) is 5.91 Å². The van der Waals surface area contributed by atoms with Crippen LogP contribution >= 0.6 is 0 Å². The number of hydrogen-bond donors (Lipinski definition) is 2. The van der Waals surface area contributed by atoms with E-state index >= 15 is 0 Å². The molecule has 2 aromatic rings. The van der Waals surface area contributed by atoms with Crippen molar-refractivity contribution in [3.8, 4) is 0 Å². The summed E-state index contributed by atoms with van der Waals surface area (Å²) < 4.78 is 0. The van der Waals surface area contributed by atoms with Crippen LogP contribution in [0.5, 0.6) is 0 Å². The molecule has 1 atom stereocenters. The number of nitrogens with zero attached hydrogens (tertiary/aromatic N) is 1. The van der Waals surface area contributed by atoms with Gasteiger partial charge in [0.05, 0.1) is 0 Å². The smallest absolute Gasteiger partial charge is 0.267 e. The van der Waals surface area contributed by atoms with Crippen LogP contribution in [0.4, 0.5) is 0 Å². The molecule has 0 bridgehead atoms. The van der Waals surface area contributed by atoms with Gasteiger partial charge in [-0.25, -0.2) is 0 Å². The molecule has 1 aromatic carbocycles. The van der Waals surface area contributed by atoms with Crippen LogP contribution in [0, 0.1) is 12.8 Å². The predicted octanol–water partition coefficient (Wildman–Crippen LogP) is 2.94. The van der Waals surface area contributed by atoms with Crippen molar-refractivity contribution in [3.05, 3.63) is 35.5 Å².